The maximum Gasteiger partial charge on any atom is 0.130 e. The number of anilines is 1. The summed E-state index contributed by atoms with van der Waals surface area (Å²) in [6.45, 7) is 0. The van der Waals surface area contributed by atoms with E-state index < -0.39 is 0 Å². The SMILES string of the molecule is Nc1c(Cc2ccccc2)cnn1-c1ccccc1. The van der Waals surface area contributed by atoms with E-state index in [2.05, 4.69) is 17.2 Å². The largest absolute Gasteiger partial charge is 0.383 e. The van der Waals surface area contributed by atoms with Crippen molar-refractivity contribution >= 4 is 5.82 Å². The highest BCUT2D eigenvalue weighted by molar-refractivity contribution is 5.48. The van der Waals surface area contributed by atoms with Crippen LogP contribution < -0.4 is 5.73 Å². The van der Waals surface area contributed by atoms with Gasteiger partial charge in [0.1, 0.15) is 5.82 Å². The second-order valence-electron chi connectivity index (χ2n) is 4.46. The number of hydrogen-bond donors (Lipinski definition) is 1. The summed E-state index contributed by atoms with van der Waals surface area (Å²) in [6.07, 6.45) is 2.65. The lowest BCUT2D eigenvalue weighted by molar-refractivity contribution is 0.891. The third-order valence-electron chi connectivity index (χ3n) is 3.12. The summed E-state index contributed by atoms with van der Waals surface area (Å²) in [5.74, 6) is 0.704. The number of nitrogens with two attached hydrogens (primary N) is 1. The smallest absolute Gasteiger partial charge is 0.130 e. The lowest BCUT2D eigenvalue weighted by Crippen LogP contribution is -2.03. The van der Waals surface area contributed by atoms with Crippen molar-refractivity contribution in [2.45, 2.75) is 6.42 Å². The molecule has 1 aromatic heterocycles. The van der Waals surface area contributed by atoms with Crippen LogP contribution >= 0.6 is 0 Å². The summed E-state index contributed by atoms with van der Waals surface area (Å²) in [5, 5.41) is 4.37. The molecule has 0 aliphatic carbocycles. The zero-order chi connectivity index (χ0) is 13.1. The second kappa shape index (κ2) is 4.98. The van der Waals surface area contributed by atoms with Crippen molar-refractivity contribution in [2.24, 2.45) is 0 Å². The highest BCUT2D eigenvalue weighted by Crippen LogP contribution is 2.19. The van der Waals surface area contributed by atoms with Crippen LogP contribution in [0.2, 0.25) is 0 Å². The molecule has 0 aliphatic heterocycles. The van der Waals surface area contributed by atoms with Crippen LogP contribution in [0.4, 0.5) is 5.82 Å². The molecule has 0 saturated carbocycles. The van der Waals surface area contributed by atoms with Gasteiger partial charge in [0.15, 0.2) is 0 Å². The number of nitrogen functional groups attached to an aromatic ring is 1. The molecule has 0 spiro atoms. The van der Waals surface area contributed by atoms with E-state index in [9.17, 15) is 0 Å². The lowest BCUT2D eigenvalue weighted by atomic mass is 10.1. The van der Waals surface area contributed by atoms with Crippen molar-refractivity contribution in [3.05, 3.63) is 78.0 Å². The first-order valence-electron chi connectivity index (χ1n) is 6.26. The van der Waals surface area contributed by atoms with Gasteiger partial charge in [0, 0.05) is 12.0 Å². The van der Waals surface area contributed by atoms with Crippen LogP contribution in [-0.2, 0) is 6.42 Å². The fraction of sp³-hybridized carbons (Fsp3) is 0.0625. The third-order valence-corrected chi connectivity index (χ3v) is 3.12. The van der Waals surface area contributed by atoms with E-state index in [0.717, 1.165) is 17.7 Å². The van der Waals surface area contributed by atoms with Crippen molar-refractivity contribution in [3.8, 4) is 5.69 Å². The van der Waals surface area contributed by atoms with Crippen LogP contribution in [0.1, 0.15) is 11.1 Å². The topological polar surface area (TPSA) is 43.8 Å². The fourth-order valence-corrected chi connectivity index (χ4v) is 2.12. The Bertz CT molecular complexity index is 657. The minimum Gasteiger partial charge on any atom is -0.383 e. The van der Waals surface area contributed by atoms with Crippen molar-refractivity contribution in [1.29, 1.82) is 0 Å². The van der Waals surface area contributed by atoms with Crippen LogP contribution in [0.5, 0.6) is 0 Å². The predicted molar refractivity (Wildman–Crippen MR) is 77.2 cm³/mol. The fourth-order valence-electron chi connectivity index (χ4n) is 2.12. The Morgan fingerprint density at radius 2 is 1.53 bits per heavy atom. The highest BCUT2D eigenvalue weighted by atomic mass is 15.3. The molecule has 0 radical (unpaired) electrons. The maximum absolute atomic E-state index is 6.18. The molecule has 0 saturated heterocycles. The first-order chi connectivity index (χ1) is 9.34. The summed E-state index contributed by atoms with van der Waals surface area (Å²) in [7, 11) is 0. The summed E-state index contributed by atoms with van der Waals surface area (Å²) in [6, 6.07) is 20.2. The van der Waals surface area contributed by atoms with E-state index in [1.54, 1.807) is 4.68 Å². The Morgan fingerprint density at radius 1 is 0.895 bits per heavy atom. The van der Waals surface area contributed by atoms with Crippen molar-refractivity contribution in [3.63, 3.8) is 0 Å². The minimum absolute atomic E-state index is 0.704. The second-order valence-corrected chi connectivity index (χ2v) is 4.46. The molecular formula is C16H15N3. The van der Waals surface area contributed by atoms with Crippen LogP contribution in [0.3, 0.4) is 0 Å². The molecule has 3 rings (SSSR count). The number of nitrogens with zero attached hydrogens (tertiary/aromatic N) is 2. The lowest BCUT2D eigenvalue weighted by Gasteiger charge is -2.05. The van der Waals surface area contributed by atoms with Gasteiger partial charge in [-0.05, 0) is 17.7 Å². The van der Waals surface area contributed by atoms with Gasteiger partial charge < -0.3 is 5.73 Å². The van der Waals surface area contributed by atoms with Gasteiger partial charge in [-0.3, -0.25) is 0 Å². The Morgan fingerprint density at radius 3 is 2.21 bits per heavy atom. The average molecular weight is 249 g/mol. The molecule has 3 nitrogen and oxygen atoms in total. The quantitative estimate of drug-likeness (QED) is 0.775. The zero-order valence-electron chi connectivity index (χ0n) is 10.5. The minimum atomic E-state index is 0.704. The molecule has 94 valence electrons. The van der Waals surface area contributed by atoms with Gasteiger partial charge >= 0.3 is 0 Å². The maximum atomic E-state index is 6.18. The van der Waals surface area contributed by atoms with Crippen LogP contribution in [0, 0.1) is 0 Å². The van der Waals surface area contributed by atoms with Crippen LogP contribution in [-0.4, -0.2) is 9.78 Å². The molecule has 0 bridgehead atoms. The molecular weight excluding hydrogens is 234 g/mol. The molecule has 2 N–H and O–H groups in total. The van der Waals surface area contributed by atoms with E-state index in [-0.39, 0.29) is 0 Å². The van der Waals surface area contributed by atoms with Crippen molar-refractivity contribution in [1.82, 2.24) is 9.78 Å². The molecule has 1 heterocycles. The Hall–Kier alpha value is -2.55. The summed E-state index contributed by atoms with van der Waals surface area (Å²) in [4.78, 5) is 0. The molecule has 0 fully saturated rings. The molecule has 19 heavy (non-hydrogen) atoms. The molecule has 3 heteroatoms. The Labute approximate surface area is 112 Å². The van der Waals surface area contributed by atoms with Crippen molar-refractivity contribution < 1.29 is 0 Å². The van der Waals surface area contributed by atoms with Gasteiger partial charge in [0.25, 0.3) is 0 Å². The predicted octanol–water partition coefficient (Wildman–Crippen LogP) is 3.05. The van der Waals surface area contributed by atoms with E-state index in [4.69, 9.17) is 5.73 Å². The monoisotopic (exact) mass is 249 g/mol. The summed E-state index contributed by atoms with van der Waals surface area (Å²) in [5.41, 5.74) is 9.46. The van der Waals surface area contributed by atoms with Gasteiger partial charge in [-0.25, -0.2) is 4.68 Å². The first-order valence-corrected chi connectivity index (χ1v) is 6.26. The van der Waals surface area contributed by atoms with Gasteiger partial charge in [-0.15, -0.1) is 0 Å². The van der Waals surface area contributed by atoms with E-state index in [0.29, 0.717) is 5.82 Å². The van der Waals surface area contributed by atoms with Gasteiger partial charge in [-0.1, -0.05) is 48.5 Å². The molecule has 3 aromatic rings. The van der Waals surface area contributed by atoms with Gasteiger partial charge in [0.05, 0.1) is 11.9 Å². The number of aromatic nitrogens is 2. The average Bonchev–Trinajstić information content (AvgIpc) is 2.82. The number of hydrogen-bond acceptors (Lipinski definition) is 2. The first kappa shape index (κ1) is 11.5. The molecule has 0 amide bonds. The van der Waals surface area contributed by atoms with Gasteiger partial charge in [0.2, 0.25) is 0 Å². The third kappa shape index (κ3) is 2.36. The van der Waals surface area contributed by atoms with E-state index in [1.165, 1.54) is 5.56 Å². The summed E-state index contributed by atoms with van der Waals surface area (Å²) >= 11 is 0. The van der Waals surface area contributed by atoms with Crippen LogP contribution in [0.25, 0.3) is 5.69 Å². The zero-order valence-corrected chi connectivity index (χ0v) is 10.5. The Kier molecular flexibility index (Phi) is 3.02. The normalized spacial score (nSPS) is 10.5. The van der Waals surface area contributed by atoms with E-state index in [1.807, 2.05) is 54.7 Å². The Balaban J connectivity index is 1.92. The molecule has 0 aliphatic rings. The van der Waals surface area contributed by atoms with Gasteiger partial charge in [-0.2, -0.15) is 5.10 Å². The number of para-hydroxylation sites is 1. The number of benzene rings is 2. The van der Waals surface area contributed by atoms with Crippen molar-refractivity contribution in [2.75, 3.05) is 5.73 Å². The number of rotatable bonds is 3. The van der Waals surface area contributed by atoms with Crippen LogP contribution in [0.15, 0.2) is 66.9 Å². The standard InChI is InChI=1S/C16H15N3/c17-16-14(11-13-7-3-1-4-8-13)12-18-19(16)15-9-5-2-6-10-15/h1-10,12H,11,17H2. The molecule has 0 unspecified atom stereocenters. The van der Waals surface area contributed by atoms with E-state index >= 15 is 0 Å². The summed E-state index contributed by atoms with van der Waals surface area (Å²) < 4.78 is 1.78. The molecule has 0 atom stereocenters. The highest BCUT2D eigenvalue weighted by Gasteiger charge is 2.09. The molecule has 2 aromatic carbocycles.